The van der Waals surface area contributed by atoms with E-state index < -0.39 is 0 Å². The Bertz CT molecular complexity index is 656. The summed E-state index contributed by atoms with van der Waals surface area (Å²) in [6, 6.07) is 7.99. The highest BCUT2D eigenvalue weighted by atomic mass is 16.3. The molecule has 5 heteroatoms. The van der Waals surface area contributed by atoms with Crippen LogP contribution in [0.2, 0.25) is 0 Å². The van der Waals surface area contributed by atoms with Crippen molar-refractivity contribution in [2.75, 3.05) is 0 Å². The molecule has 2 aromatic rings. The summed E-state index contributed by atoms with van der Waals surface area (Å²) in [5, 5.41) is 37.3. The van der Waals surface area contributed by atoms with Gasteiger partial charge in [0, 0.05) is 12.1 Å². The summed E-state index contributed by atoms with van der Waals surface area (Å²) in [4.78, 5) is 11.7. The minimum Gasteiger partial charge on any atom is -0.508 e. The van der Waals surface area contributed by atoms with Crippen molar-refractivity contribution < 1.29 is 25.2 Å². The predicted molar refractivity (Wildman–Crippen MR) is 82.6 cm³/mol. The van der Waals surface area contributed by atoms with Crippen molar-refractivity contribution in [1.29, 1.82) is 0 Å². The number of benzene rings is 2. The minimum absolute atomic E-state index is 0.0992. The Morgan fingerprint density at radius 2 is 0.955 bits per heavy atom. The Morgan fingerprint density at radius 1 is 0.636 bits per heavy atom. The van der Waals surface area contributed by atoms with Crippen molar-refractivity contribution in [3.05, 3.63) is 59.7 Å². The molecule has 0 radical (unpaired) electrons. The van der Waals surface area contributed by atoms with Crippen LogP contribution in [-0.2, 0) is 4.79 Å². The van der Waals surface area contributed by atoms with E-state index in [2.05, 4.69) is 0 Å². The second-order valence-electron chi connectivity index (χ2n) is 4.63. The van der Waals surface area contributed by atoms with E-state index in [1.54, 1.807) is 0 Å². The third-order valence-corrected chi connectivity index (χ3v) is 2.73. The molecular formula is C17H14O5. The molecule has 22 heavy (non-hydrogen) atoms. The van der Waals surface area contributed by atoms with E-state index in [-0.39, 0.29) is 28.8 Å². The van der Waals surface area contributed by atoms with Crippen LogP contribution in [0.1, 0.15) is 11.1 Å². The number of allylic oxidation sites excluding steroid dienone is 2. The van der Waals surface area contributed by atoms with E-state index in [4.69, 9.17) is 0 Å². The highest BCUT2D eigenvalue weighted by Crippen LogP contribution is 2.22. The summed E-state index contributed by atoms with van der Waals surface area (Å²) >= 11 is 0. The Labute approximate surface area is 126 Å². The van der Waals surface area contributed by atoms with E-state index in [1.165, 1.54) is 60.7 Å². The first kappa shape index (κ1) is 15.2. The molecule has 5 nitrogen and oxygen atoms in total. The highest BCUT2D eigenvalue weighted by molar-refractivity contribution is 6.04. The molecule has 0 heterocycles. The van der Waals surface area contributed by atoms with Gasteiger partial charge < -0.3 is 20.4 Å². The van der Waals surface area contributed by atoms with Crippen LogP contribution in [0.15, 0.2) is 48.6 Å². The number of rotatable bonds is 4. The largest absolute Gasteiger partial charge is 0.508 e. The number of hydrogen-bond acceptors (Lipinski definition) is 5. The van der Waals surface area contributed by atoms with Crippen molar-refractivity contribution in [1.82, 2.24) is 0 Å². The Morgan fingerprint density at radius 3 is 1.27 bits per heavy atom. The first-order valence-corrected chi connectivity index (χ1v) is 6.38. The second-order valence-corrected chi connectivity index (χ2v) is 4.63. The van der Waals surface area contributed by atoms with Crippen LogP contribution in [0.3, 0.4) is 0 Å². The molecule has 2 aromatic carbocycles. The molecule has 2 rings (SSSR count). The zero-order valence-corrected chi connectivity index (χ0v) is 11.5. The van der Waals surface area contributed by atoms with E-state index in [0.29, 0.717) is 11.1 Å². The van der Waals surface area contributed by atoms with Crippen LogP contribution in [0.5, 0.6) is 23.0 Å². The van der Waals surface area contributed by atoms with Crippen molar-refractivity contribution in [2.45, 2.75) is 0 Å². The van der Waals surface area contributed by atoms with E-state index >= 15 is 0 Å². The third-order valence-electron chi connectivity index (χ3n) is 2.73. The molecule has 0 atom stereocenters. The quantitative estimate of drug-likeness (QED) is 0.651. The summed E-state index contributed by atoms with van der Waals surface area (Å²) in [6.45, 7) is 0. The highest BCUT2D eigenvalue weighted by Gasteiger charge is 1.98. The van der Waals surface area contributed by atoms with Gasteiger partial charge in [0.25, 0.3) is 0 Å². The van der Waals surface area contributed by atoms with Gasteiger partial charge in [0.15, 0.2) is 5.78 Å². The first-order valence-electron chi connectivity index (χ1n) is 6.38. The molecule has 0 aliphatic carbocycles. The first-order chi connectivity index (χ1) is 10.4. The third kappa shape index (κ3) is 4.42. The molecule has 0 aliphatic rings. The maximum Gasteiger partial charge on any atom is 0.178 e. The lowest BCUT2D eigenvalue weighted by atomic mass is 10.1. The molecule has 0 saturated carbocycles. The van der Waals surface area contributed by atoms with Crippen LogP contribution in [0, 0.1) is 0 Å². The maximum absolute atomic E-state index is 11.7. The van der Waals surface area contributed by atoms with Crippen molar-refractivity contribution in [2.24, 2.45) is 0 Å². The Balaban J connectivity index is 2.08. The summed E-state index contributed by atoms with van der Waals surface area (Å²) in [6.07, 6.45) is 5.44. The van der Waals surface area contributed by atoms with Crippen LogP contribution >= 0.6 is 0 Å². The molecule has 0 spiro atoms. The SMILES string of the molecule is O=C(C=Cc1cc(O)cc(O)c1)C=Cc1cc(O)cc(O)c1. The van der Waals surface area contributed by atoms with Crippen molar-refractivity contribution >= 4 is 17.9 Å². The molecule has 0 unspecified atom stereocenters. The average molecular weight is 298 g/mol. The van der Waals surface area contributed by atoms with Gasteiger partial charge in [0.2, 0.25) is 0 Å². The van der Waals surface area contributed by atoms with Gasteiger partial charge in [0.05, 0.1) is 0 Å². The topological polar surface area (TPSA) is 98.0 Å². The summed E-state index contributed by atoms with van der Waals surface area (Å²) < 4.78 is 0. The molecule has 0 amide bonds. The normalized spacial score (nSPS) is 11.3. The number of aromatic hydroxyl groups is 4. The maximum atomic E-state index is 11.7. The zero-order chi connectivity index (χ0) is 16.1. The summed E-state index contributed by atoms with van der Waals surface area (Å²) in [5.41, 5.74) is 0.962. The number of hydrogen-bond donors (Lipinski definition) is 4. The monoisotopic (exact) mass is 298 g/mol. The molecule has 4 N–H and O–H groups in total. The van der Waals surface area contributed by atoms with E-state index in [0.717, 1.165) is 0 Å². The van der Waals surface area contributed by atoms with Gasteiger partial charge in [0.1, 0.15) is 23.0 Å². The fourth-order valence-corrected chi connectivity index (χ4v) is 1.84. The number of phenolic OH excluding ortho intramolecular Hbond substituents is 4. The Hall–Kier alpha value is -3.21. The number of phenols is 4. The van der Waals surface area contributed by atoms with Crippen molar-refractivity contribution in [3.63, 3.8) is 0 Å². The average Bonchev–Trinajstić information content (AvgIpc) is 2.41. The van der Waals surface area contributed by atoms with Gasteiger partial charge >= 0.3 is 0 Å². The standard InChI is InChI=1S/C17H14O5/c18-13(3-1-11-5-14(19)9-15(20)6-11)4-2-12-7-16(21)10-17(22)8-12/h1-10,19-22H. The van der Waals surface area contributed by atoms with Gasteiger partial charge in [-0.1, -0.05) is 12.2 Å². The fourth-order valence-electron chi connectivity index (χ4n) is 1.84. The second kappa shape index (κ2) is 6.49. The lowest BCUT2D eigenvalue weighted by Crippen LogP contribution is -1.85. The van der Waals surface area contributed by atoms with Gasteiger partial charge in [-0.05, 0) is 47.5 Å². The van der Waals surface area contributed by atoms with Crippen LogP contribution in [-0.4, -0.2) is 26.2 Å². The lowest BCUT2D eigenvalue weighted by Gasteiger charge is -1.98. The molecule has 0 saturated heterocycles. The zero-order valence-electron chi connectivity index (χ0n) is 11.5. The molecule has 0 aliphatic heterocycles. The summed E-state index contributed by atoms with van der Waals surface area (Å²) in [7, 11) is 0. The Kier molecular flexibility index (Phi) is 4.48. The molecular weight excluding hydrogens is 284 g/mol. The summed E-state index contributed by atoms with van der Waals surface area (Å²) in [5.74, 6) is -0.725. The van der Waals surface area contributed by atoms with Gasteiger partial charge in [-0.25, -0.2) is 0 Å². The van der Waals surface area contributed by atoms with Crippen molar-refractivity contribution in [3.8, 4) is 23.0 Å². The van der Waals surface area contributed by atoms with Crippen LogP contribution < -0.4 is 0 Å². The smallest absolute Gasteiger partial charge is 0.178 e. The fraction of sp³-hybridized carbons (Fsp3) is 0. The number of ketones is 1. The number of carbonyl (C=O) groups excluding carboxylic acids is 1. The minimum atomic E-state index is -0.328. The number of carbonyl (C=O) groups is 1. The van der Waals surface area contributed by atoms with Gasteiger partial charge in [-0.2, -0.15) is 0 Å². The molecule has 112 valence electrons. The predicted octanol–water partition coefficient (Wildman–Crippen LogP) is 2.80. The van der Waals surface area contributed by atoms with Gasteiger partial charge in [-0.3, -0.25) is 4.79 Å². The van der Waals surface area contributed by atoms with E-state index in [9.17, 15) is 25.2 Å². The van der Waals surface area contributed by atoms with Crippen LogP contribution in [0.4, 0.5) is 0 Å². The molecule has 0 fully saturated rings. The van der Waals surface area contributed by atoms with E-state index in [1.807, 2.05) is 0 Å². The molecule has 0 aromatic heterocycles. The molecule has 0 bridgehead atoms. The lowest BCUT2D eigenvalue weighted by molar-refractivity contribution is -0.110. The van der Waals surface area contributed by atoms with Crippen LogP contribution in [0.25, 0.3) is 12.2 Å². The van der Waals surface area contributed by atoms with Gasteiger partial charge in [-0.15, -0.1) is 0 Å².